The van der Waals surface area contributed by atoms with Crippen LogP contribution >= 0.6 is 0 Å². The molecule has 37 heavy (non-hydrogen) atoms. The Morgan fingerprint density at radius 2 is 1.81 bits per heavy atom. The van der Waals surface area contributed by atoms with Gasteiger partial charge >= 0.3 is 0 Å². The number of rotatable bonds is 9. The Hall–Kier alpha value is -2.39. The zero-order chi connectivity index (χ0) is 26.7. The second-order valence-electron chi connectivity index (χ2n) is 10.8. The second kappa shape index (κ2) is 11.6. The molecular weight excluding hydrogens is 496 g/mol. The minimum atomic E-state index is -3.27. The number of benzene rings is 1. The van der Waals surface area contributed by atoms with Crippen molar-refractivity contribution in [1.29, 1.82) is 0 Å². The Kier molecular flexibility index (Phi) is 8.63. The van der Waals surface area contributed by atoms with Gasteiger partial charge in [0.2, 0.25) is 12.3 Å². The fourth-order valence-corrected chi connectivity index (χ4v) is 6.60. The number of anilines is 1. The first-order chi connectivity index (χ1) is 17.6. The molecule has 202 valence electrons. The van der Waals surface area contributed by atoms with Gasteiger partial charge in [-0.3, -0.25) is 14.7 Å². The molecular formula is C28H37F2N3O3S. The van der Waals surface area contributed by atoms with Gasteiger partial charge in [0, 0.05) is 19.0 Å². The molecule has 1 aromatic heterocycles. The number of aromatic nitrogens is 1. The molecule has 1 aromatic carbocycles. The fraction of sp³-hybridized carbons (Fsp3) is 0.571. The van der Waals surface area contributed by atoms with Crippen molar-refractivity contribution in [3.8, 4) is 0 Å². The summed E-state index contributed by atoms with van der Waals surface area (Å²) in [7, 11) is -3.27. The van der Waals surface area contributed by atoms with Crippen LogP contribution in [-0.4, -0.2) is 42.9 Å². The van der Waals surface area contributed by atoms with Crippen molar-refractivity contribution < 1.29 is 22.0 Å². The number of halogens is 2. The molecule has 1 amide bonds. The number of amides is 1. The molecule has 9 heteroatoms. The highest BCUT2D eigenvalue weighted by Crippen LogP contribution is 2.41. The lowest BCUT2D eigenvalue weighted by Crippen LogP contribution is -2.33. The highest BCUT2D eigenvalue weighted by molar-refractivity contribution is 7.91. The maximum Gasteiger partial charge on any atom is 0.241 e. The molecule has 0 saturated heterocycles. The van der Waals surface area contributed by atoms with E-state index in [1.165, 1.54) is 0 Å². The van der Waals surface area contributed by atoms with E-state index in [4.69, 9.17) is 4.98 Å². The van der Waals surface area contributed by atoms with Gasteiger partial charge in [-0.15, -0.1) is 0 Å². The van der Waals surface area contributed by atoms with E-state index >= 15 is 0 Å². The molecule has 1 fully saturated rings. The third-order valence-corrected chi connectivity index (χ3v) is 9.48. The van der Waals surface area contributed by atoms with Gasteiger partial charge in [0.1, 0.15) is 0 Å². The Morgan fingerprint density at radius 1 is 1.14 bits per heavy atom. The van der Waals surface area contributed by atoms with Gasteiger partial charge in [-0.25, -0.2) is 17.2 Å². The number of hydrogen-bond donors (Lipinski definition) is 1. The summed E-state index contributed by atoms with van der Waals surface area (Å²) in [4.78, 5) is 20.1. The molecule has 0 spiro atoms. The van der Waals surface area contributed by atoms with Gasteiger partial charge in [0.25, 0.3) is 0 Å². The highest BCUT2D eigenvalue weighted by atomic mass is 32.2. The van der Waals surface area contributed by atoms with Crippen LogP contribution in [0.4, 0.5) is 14.5 Å². The van der Waals surface area contributed by atoms with Crippen LogP contribution < -0.4 is 5.32 Å². The third kappa shape index (κ3) is 6.55. The SMILES string of the molecule is CCS(=O)(=O)c1ccc(CC(=O)Nc2cnc3c(c2)CN(CC2CCC(C(F)F)CC2)[C@H]3C(C)C)cc1. The van der Waals surface area contributed by atoms with E-state index in [1.54, 1.807) is 37.4 Å². The van der Waals surface area contributed by atoms with Gasteiger partial charge in [-0.1, -0.05) is 32.9 Å². The summed E-state index contributed by atoms with van der Waals surface area (Å²) in [6, 6.07) is 8.58. The van der Waals surface area contributed by atoms with Crippen molar-refractivity contribution >= 4 is 21.4 Å². The van der Waals surface area contributed by atoms with Gasteiger partial charge < -0.3 is 5.32 Å². The lowest BCUT2D eigenvalue weighted by molar-refractivity contribution is -0.115. The number of sulfone groups is 1. The number of alkyl halides is 2. The van der Waals surface area contributed by atoms with E-state index in [9.17, 15) is 22.0 Å². The minimum absolute atomic E-state index is 0.0348. The lowest BCUT2D eigenvalue weighted by atomic mass is 9.81. The third-order valence-electron chi connectivity index (χ3n) is 7.73. The number of carbonyl (C=O) groups excluding carboxylic acids is 1. The summed E-state index contributed by atoms with van der Waals surface area (Å²) in [5.41, 5.74) is 3.49. The van der Waals surface area contributed by atoms with Gasteiger partial charge in [0.05, 0.1) is 40.7 Å². The Bertz CT molecular complexity index is 1190. The summed E-state index contributed by atoms with van der Waals surface area (Å²) < 4.78 is 50.1. The van der Waals surface area contributed by atoms with Crippen molar-refractivity contribution in [2.24, 2.45) is 17.8 Å². The normalized spacial score (nSPS) is 22.4. The summed E-state index contributed by atoms with van der Waals surface area (Å²) in [5, 5.41) is 2.92. The molecule has 2 aliphatic rings. The number of nitrogens with zero attached hydrogens (tertiary/aromatic N) is 2. The van der Waals surface area contributed by atoms with Gasteiger partial charge in [0.15, 0.2) is 9.84 Å². The smallest absolute Gasteiger partial charge is 0.241 e. The van der Waals surface area contributed by atoms with E-state index in [0.29, 0.717) is 30.4 Å². The molecule has 4 rings (SSSR count). The van der Waals surface area contributed by atoms with E-state index in [0.717, 1.165) is 42.8 Å². The standard InChI is InChI=1S/C28H37F2N3O3S/c1-4-37(35,36)24-11-7-19(8-12-24)13-25(34)32-23-14-22-17-33(27(18(2)3)26(22)31-15-23)16-20-5-9-21(10-6-20)28(29)30/h7-8,11-12,14-15,18,20-21,27-28H,4-6,9-10,13,16-17H2,1-3H3,(H,32,34)/t20?,21?,27-/m0/s1. The molecule has 1 atom stereocenters. The average Bonchev–Trinajstić information content (AvgIpc) is 3.21. The molecule has 1 N–H and O–H groups in total. The number of nitrogens with one attached hydrogen (secondary N) is 1. The molecule has 1 aliphatic heterocycles. The molecule has 0 bridgehead atoms. The maximum absolute atomic E-state index is 13.1. The first-order valence-electron chi connectivity index (χ1n) is 13.2. The molecule has 1 aliphatic carbocycles. The quantitative estimate of drug-likeness (QED) is 0.451. The van der Waals surface area contributed by atoms with Crippen LogP contribution in [0.15, 0.2) is 41.4 Å². The molecule has 0 radical (unpaired) electrons. The topological polar surface area (TPSA) is 79.4 Å². The van der Waals surface area contributed by atoms with Crippen molar-refractivity contribution in [1.82, 2.24) is 9.88 Å². The predicted molar refractivity (Wildman–Crippen MR) is 140 cm³/mol. The number of carbonyl (C=O) groups is 1. The number of pyridine rings is 1. The Morgan fingerprint density at radius 3 is 2.41 bits per heavy atom. The van der Waals surface area contributed by atoms with Crippen LogP contribution in [-0.2, 0) is 27.6 Å². The number of hydrogen-bond acceptors (Lipinski definition) is 5. The van der Waals surface area contributed by atoms with E-state index in [2.05, 4.69) is 24.1 Å². The maximum atomic E-state index is 13.1. The average molecular weight is 534 g/mol. The molecule has 2 heterocycles. The van der Waals surface area contributed by atoms with E-state index < -0.39 is 22.2 Å². The Balaban J connectivity index is 1.38. The number of fused-ring (bicyclic) bond motifs is 1. The molecule has 6 nitrogen and oxygen atoms in total. The monoisotopic (exact) mass is 533 g/mol. The van der Waals surface area contributed by atoms with Crippen LogP contribution in [0.25, 0.3) is 0 Å². The van der Waals surface area contributed by atoms with Crippen LogP contribution in [0.3, 0.4) is 0 Å². The fourth-order valence-electron chi connectivity index (χ4n) is 5.71. The molecule has 1 saturated carbocycles. The van der Waals surface area contributed by atoms with E-state index in [-0.39, 0.29) is 29.0 Å². The highest BCUT2D eigenvalue weighted by Gasteiger charge is 2.36. The summed E-state index contributed by atoms with van der Waals surface area (Å²) >= 11 is 0. The largest absolute Gasteiger partial charge is 0.324 e. The van der Waals surface area contributed by atoms with Crippen molar-refractivity contribution in [2.45, 2.75) is 76.8 Å². The zero-order valence-electron chi connectivity index (χ0n) is 21.8. The predicted octanol–water partition coefficient (Wildman–Crippen LogP) is 5.64. The minimum Gasteiger partial charge on any atom is -0.324 e. The van der Waals surface area contributed by atoms with Crippen LogP contribution in [0.2, 0.25) is 0 Å². The summed E-state index contributed by atoms with van der Waals surface area (Å²) in [6.45, 7) is 7.56. The second-order valence-corrected chi connectivity index (χ2v) is 13.1. The molecule has 0 unspecified atom stereocenters. The first kappa shape index (κ1) is 27.6. The van der Waals surface area contributed by atoms with E-state index in [1.807, 2.05) is 6.07 Å². The zero-order valence-corrected chi connectivity index (χ0v) is 22.6. The van der Waals surface area contributed by atoms with Crippen molar-refractivity contribution in [3.63, 3.8) is 0 Å². The lowest BCUT2D eigenvalue weighted by Gasteiger charge is -2.34. The molecule has 2 aromatic rings. The van der Waals surface area contributed by atoms with Crippen LogP contribution in [0.1, 0.15) is 69.3 Å². The van der Waals surface area contributed by atoms with Gasteiger partial charge in [-0.2, -0.15) is 0 Å². The Labute approximate surface area is 218 Å². The first-order valence-corrected chi connectivity index (χ1v) is 14.8. The van der Waals surface area contributed by atoms with Crippen molar-refractivity contribution in [3.05, 3.63) is 53.3 Å². The van der Waals surface area contributed by atoms with Crippen LogP contribution in [0.5, 0.6) is 0 Å². The van der Waals surface area contributed by atoms with Gasteiger partial charge in [-0.05, 0) is 66.8 Å². The summed E-state index contributed by atoms with van der Waals surface area (Å²) in [6.07, 6.45) is 2.49. The van der Waals surface area contributed by atoms with Crippen molar-refractivity contribution in [2.75, 3.05) is 17.6 Å². The van der Waals surface area contributed by atoms with Crippen LogP contribution in [0, 0.1) is 17.8 Å². The summed E-state index contributed by atoms with van der Waals surface area (Å²) in [5.74, 6) is 0.157.